The van der Waals surface area contributed by atoms with E-state index < -0.39 is 0 Å². The molecule has 2 heteroatoms. The average Bonchev–Trinajstić information content (AvgIpc) is 2.92. The molecule has 88 valence electrons. The van der Waals surface area contributed by atoms with Crippen LogP contribution in [0.5, 0.6) is 0 Å². The van der Waals surface area contributed by atoms with Crippen LogP contribution in [0.15, 0.2) is 12.1 Å². The van der Waals surface area contributed by atoms with Gasteiger partial charge >= 0.3 is 0 Å². The minimum absolute atomic E-state index is 0.0811. The van der Waals surface area contributed by atoms with Crippen molar-refractivity contribution in [2.24, 2.45) is 0 Å². The maximum Gasteiger partial charge on any atom is 0.130 e. The molecule has 0 bridgehead atoms. The number of benzene rings is 1. The highest BCUT2D eigenvalue weighted by Crippen LogP contribution is 2.48. The SMILES string of the molecule is CCC(C)O[C@@H]1c2cc(C(C)C)cc(F)c21. The van der Waals surface area contributed by atoms with Crippen molar-refractivity contribution in [3.63, 3.8) is 0 Å². The van der Waals surface area contributed by atoms with Crippen LogP contribution >= 0.6 is 0 Å². The largest absolute Gasteiger partial charge is 0.366 e. The number of fused-ring (bicyclic) bond motifs is 1. The van der Waals surface area contributed by atoms with E-state index in [-0.39, 0.29) is 18.0 Å². The van der Waals surface area contributed by atoms with E-state index in [0.717, 1.165) is 23.1 Å². The van der Waals surface area contributed by atoms with Crippen LogP contribution in [0.3, 0.4) is 0 Å². The summed E-state index contributed by atoms with van der Waals surface area (Å²) in [5.41, 5.74) is 2.88. The molecule has 16 heavy (non-hydrogen) atoms. The average molecular weight is 222 g/mol. The fraction of sp³-hybridized carbons (Fsp3) is 0.571. The summed E-state index contributed by atoms with van der Waals surface area (Å²) >= 11 is 0. The summed E-state index contributed by atoms with van der Waals surface area (Å²) in [4.78, 5) is 0. The van der Waals surface area contributed by atoms with E-state index in [1.54, 1.807) is 6.07 Å². The Morgan fingerprint density at radius 1 is 1.31 bits per heavy atom. The van der Waals surface area contributed by atoms with Gasteiger partial charge in [0, 0.05) is 5.56 Å². The predicted molar refractivity (Wildman–Crippen MR) is 63.2 cm³/mol. The lowest BCUT2D eigenvalue weighted by Crippen LogP contribution is -2.04. The van der Waals surface area contributed by atoms with Gasteiger partial charge in [-0.1, -0.05) is 26.8 Å². The van der Waals surface area contributed by atoms with Crippen molar-refractivity contribution in [2.45, 2.75) is 52.2 Å². The van der Waals surface area contributed by atoms with E-state index in [4.69, 9.17) is 4.74 Å². The molecule has 1 aromatic rings. The van der Waals surface area contributed by atoms with Gasteiger partial charge in [-0.2, -0.15) is 0 Å². The minimum Gasteiger partial charge on any atom is -0.366 e. The zero-order chi connectivity index (χ0) is 11.9. The third-order valence-corrected chi connectivity index (χ3v) is 3.26. The zero-order valence-corrected chi connectivity index (χ0v) is 10.4. The van der Waals surface area contributed by atoms with Crippen LogP contribution < -0.4 is 0 Å². The van der Waals surface area contributed by atoms with Gasteiger partial charge in [0.25, 0.3) is 0 Å². The maximum atomic E-state index is 13.7. The quantitative estimate of drug-likeness (QED) is 0.743. The number of ether oxygens (including phenoxy) is 1. The third-order valence-electron chi connectivity index (χ3n) is 3.26. The molecule has 0 saturated carbocycles. The molecule has 0 amide bonds. The van der Waals surface area contributed by atoms with Gasteiger partial charge < -0.3 is 4.74 Å². The molecule has 0 radical (unpaired) electrons. The second kappa shape index (κ2) is 4.17. The van der Waals surface area contributed by atoms with Crippen molar-refractivity contribution in [1.29, 1.82) is 0 Å². The molecule has 0 aromatic heterocycles. The molecule has 0 heterocycles. The first-order valence-corrected chi connectivity index (χ1v) is 6.03. The van der Waals surface area contributed by atoms with Crippen LogP contribution in [0.25, 0.3) is 0 Å². The van der Waals surface area contributed by atoms with Crippen LogP contribution in [0.2, 0.25) is 0 Å². The van der Waals surface area contributed by atoms with Crippen molar-refractivity contribution >= 4 is 0 Å². The molecule has 2 atom stereocenters. The Bertz CT molecular complexity index is 398. The molecular formula is C14H19FO. The molecule has 0 spiro atoms. The number of halogens is 1. The van der Waals surface area contributed by atoms with Gasteiger partial charge in [0.2, 0.25) is 0 Å². The van der Waals surface area contributed by atoms with E-state index in [9.17, 15) is 4.39 Å². The first-order valence-electron chi connectivity index (χ1n) is 6.03. The van der Waals surface area contributed by atoms with Gasteiger partial charge in [0.1, 0.15) is 11.9 Å². The van der Waals surface area contributed by atoms with Crippen LogP contribution in [0, 0.1) is 5.82 Å². The molecule has 0 saturated heterocycles. The Balaban J connectivity index is 2.16. The molecule has 1 aromatic carbocycles. The topological polar surface area (TPSA) is 9.23 Å². The first kappa shape index (κ1) is 11.6. The van der Waals surface area contributed by atoms with Crippen molar-refractivity contribution in [1.82, 2.24) is 0 Å². The van der Waals surface area contributed by atoms with E-state index in [0.29, 0.717) is 5.92 Å². The van der Waals surface area contributed by atoms with Crippen LogP contribution in [-0.4, -0.2) is 6.10 Å². The standard InChI is InChI=1S/C14H19FO/c1-5-9(4)16-14-11-6-10(8(2)3)7-12(15)13(11)14/h6-9,14H,5H2,1-4H3/t9?,14-/m1/s1. The van der Waals surface area contributed by atoms with Crippen LogP contribution in [0.1, 0.15) is 62.8 Å². The molecule has 2 rings (SSSR count). The molecule has 0 aliphatic heterocycles. The van der Waals surface area contributed by atoms with Crippen molar-refractivity contribution < 1.29 is 9.13 Å². The monoisotopic (exact) mass is 222 g/mol. The molecule has 1 aliphatic carbocycles. The smallest absolute Gasteiger partial charge is 0.130 e. The summed E-state index contributed by atoms with van der Waals surface area (Å²) in [5.74, 6) is 0.263. The Morgan fingerprint density at radius 2 is 2.00 bits per heavy atom. The first-order chi connectivity index (χ1) is 7.54. The van der Waals surface area contributed by atoms with E-state index >= 15 is 0 Å². The van der Waals surface area contributed by atoms with E-state index in [2.05, 4.69) is 26.8 Å². The van der Waals surface area contributed by atoms with Gasteiger partial charge in [0.15, 0.2) is 0 Å². The highest BCUT2D eigenvalue weighted by molar-refractivity contribution is 5.53. The minimum atomic E-state index is -0.102. The Morgan fingerprint density at radius 3 is 2.56 bits per heavy atom. The summed E-state index contributed by atoms with van der Waals surface area (Å²) < 4.78 is 19.5. The van der Waals surface area contributed by atoms with E-state index in [1.165, 1.54) is 0 Å². The van der Waals surface area contributed by atoms with Gasteiger partial charge in [-0.15, -0.1) is 0 Å². The molecule has 0 fully saturated rings. The van der Waals surface area contributed by atoms with Gasteiger partial charge in [-0.3, -0.25) is 0 Å². The number of rotatable bonds is 4. The highest BCUT2D eigenvalue weighted by Gasteiger charge is 2.38. The Labute approximate surface area is 96.6 Å². The zero-order valence-electron chi connectivity index (χ0n) is 10.4. The summed E-state index contributed by atoms with van der Waals surface area (Å²) in [5, 5.41) is 0. The summed E-state index contributed by atoms with van der Waals surface area (Å²) in [6.45, 7) is 8.26. The summed E-state index contributed by atoms with van der Waals surface area (Å²) in [6, 6.07) is 3.72. The van der Waals surface area contributed by atoms with Gasteiger partial charge in [-0.25, -0.2) is 4.39 Å². The third kappa shape index (κ3) is 1.99. The maximum absolute atomic E-state index is 13.7. The number of hydrogen-bond donors (Lipinski definition) is 0. The van der Waals surface area contributed by atoms with Crippen molar-refractivity contribution in [2.75, 3.05) is 0 Å². The molecular weight excluding hydrogens is 203 g/mol. The number of hydrogen-bond acceptors (Lipinski definition) is 1. The van der Waals surface area contributed by atoms with E-state index in [1.807, 2.05) is 6.92 Å². The van der Waals surface area contributed by atoms with Crippen LogP contribution in [0.4, 0.5) is 4.39 Å². The van der Waals surface area contributed by atoms with Gasteiger partial charge in [0.05, 0.1) is 6.10 Å². The fourth-order valence-electron chi connectivity index (χ4n) is 1.88. The normalized spacial score (nSPS) is 19.8. The Hall–Kier alpha value is -0.890. The molecule has 1 unspecified atom stereocenters. The predicted octanol–water partition coefficient (Wildman–Crippen LogP) is 4.17. The molecule has 1 aliphatic rings. The van der Waals surface area contributed by atoms with Crippen molar-refractivity contribution in [3.8, 4) is 0 Å². The second-order valence-corrected chi connectivity index (χ2v) is 4.90. The van der Waals surface area contributed by atoms with Crippen molar-refractivity contribution in [3.05, 3.63) is 34.6 Å². The van der Waals surface area contributed by atoms with Crippen LogP contribution in [-0.2, 0) is 4.74 Å². The lowest BCUT2D eigenvalue weighted by Gasteiger charge is -2.08. The Kier molecular flexibility index (Phi) is 3.02. The molecule has 1 nitrogen and oxygen atoms in total. The lowest BCUT2D eigenvalue weighted by molar-refractivity contribution is 0.0409. The fourth-order valence-corrected chi connectivity index (χ4v) is 1.88. The van der Waals surface area contributed by atoms with Gasteiger partial charge in [-0.05, 0) is 36.5 Å². The second-order valence-electron chi connectivity index (χ2n) is 4.90. The lowest BCUT2D eigenvalue weighted by atomic mass is 10.0. The molecule has 0 N–H and O–H groups in total. The summed E-state index contributed by atoms with van der Waals surface area (Å²) in [6.07, 6.45) is 1.07. The summed E-state index contributed by atoms with van der Waals surface area (Å²) in [7, 11) is 0. The highest BCUT2D eigenvalue weighted by atomic mass is 19.1.